The molecule has 0 fully saturated rings. The fourth-order valence-corrected chi connectivity index (χ4v) is 2.06. The van der Waals surface area contributed by atoms with Gasteiger partial charge in [-0.1, -0.05) is 6.92 Å². The van der Waals surface area contributed by atoms with Crippen molar-refractivity contribution in [3.8, 4) is 5.75 Å². The van der Waals surface area contributed by atoms with Crippen LogP contribution in [0.3, 0.4) is 0 Å². The Morgan fingerprint density at radius 1 is 1.60 bits per heavy atom. The third-order valence-corrected chi connectivity index (χ3v) is 2.69. The van der Waals surface area contributed by atoms with Crippen molar-refractivity contribution < 1.29 is 9.66 Å². The molecule has 1 unspecified atom stereocenters. The molecular weight excluding hydrogens is 196 g/mol. The number of rotatable bonds is 2. The monoisotopic (exact) mass is 208 g/mol. The Morgan fingerprint density at radius 2 is 2.33 bits per heavy atom. The number of methoxy groups -OCH3 is 1. The van der Waals surface area contributed by atoms with Gasteiger partial charge in [0.25, 0.3) is 0 Å². The average molecular weight is 208 g/mol. The first-order valence-electron chi connectivity index (χ1n) is 4.82. The Labute approximate surface area is 87.2 Å². The minimum absolute atomic E-state index is 0.0367. The van der Waals surface area contributed by atoms with Gasteiger partial charge in [0.05, 0.1) is 12.0 Å². The van der Waals surface area contributed by atoms with Crippen LogP contribution in [0.15, 0.2) is 6.20 Å². The van der Waals surface area contributed by atoms with E-state index >= 15 is 0 Å². The fourth-order valence-electron chi connectivity index (χ4n) is 2.06. The van der Waals surface area contributed by atoms with Gasteiger partial charge in [-0.3, -0.25) is 15.1 Å². The first-order chi connectivity index (χ1) is 7.13. The van der Waals surface area contributed by atoms with Gasteiger partial charge in [0.1, 0.15) is 6.20 Å². The molecule has 0 spiro atoms. The zero-order valence-electron chi connectivity index (χ0n) is 8.69. The lowest BCUT2D eigenvalue weighted by Gasteiger charge is -2.06. The zero-order chi connectivity index (χ0) is 11.0. The maximum Gasteiger partial charge on any atom is 0.329 e. The van der Waals surface area contributed by atoms with Crippen molar-refractivity contribution in [2.24, 2.45) is 5.92 Å². The largest absolute Gasteiger partial charge is 0.490 e. The smallest absolute Gasteiger partial charge is 0.329 e. The first-order valence-corrected chi connectivity index (χ1v) is 4.82. The van der Waals surface area contributed by atoms with Crippen molar-refractivity contribution in [3.63, 3.8) is 0 Å². The number of hydrogen-bond acceptors (Lipinski definition) is 4. The summed E-state index contributed by atoms with van der Waals surface area (Å²) >= 11 is 0. The quantitative estimate of drug-likeness (QED) is 0.548. The maximum atomic E-state index is 10.7. The molecule has 0 saturated heterocycles. The number of fused-ring (bicyclic) bond motifs is 1. The topological polar surface area (TPSA) is 65.3 Å². The molecule has 1 atom stereocenters. The van der Waals surface area contributed by atoms with E-state index in [1.54, 1.807) is 0 Å². The van der Waals surface area contributed by atoms with E-state index in [0.29, 0.717) is 11.7 Å². The molecule has 1 heterocycles. The number of nitrogens with zero attached hydrogens (tertiary/aromatic N) is 2. The van der Waals surface area contributed by atoms with E-state index in [9.17, 15) is 10.1 Å². The van der Waals surface area contributed by atoms with Gasteiger partial charge in [0.2, 0.25) is 5.75 Å². The molecule has 15 heavy (non-hydrogen) atoms. The predicted molar refractivity (Wildman–Crippen MR) is 54.0 cm³/mol. The summed E-state index contributed by atoms with van der Waals surface area (Å²) in [5, 5.41) is 10.7. The second kappa shape index (κ2) is 3.49. The normalized spacial score (nSPS) is 18.7. The van der Waals surface area contributed by atoms with E-state index in [2.05, 4.69) is 11.9 Å². The van der Waals surface area contributed by atoms with Crippen molar-refractivity contribution in [1.82, 2.24) is 4.98 Å². The van der Waals surface area contributed by atoms with Gasteiger partial charge in [0.15, 0.2) is 0 Å². The number of hydrogen-bond donors (Lipinski definition) is 0. The molecule has 1 aliphatic carbocycles. The molecule has 0 bridgehead atoms. The Kier molecular flexibility index (Phi) is 2.30. The van der Waals surface area contributed by atoms with Gasteiger partial charge >= 0.3 is 5.69 Å². The van der Waals surface area contributed by atoms with Gasteiger partial charge in [-0.05, 0) is 18.8 Å². The second-order valence-electron chi connectivity index (χ2n) is 3.87. The molecule has 0 N–H and O–H groups in total. The van der Waals surface area contributed by atoms with Crippen LogP contribution in [0.2, 0.25) is 0 Å². The lowest BCUT2D eigenvalue weighted by molar-refractivity contribution is -0.386. The fraction of sp³-hybridized carbons (Fsp3) is 0.500. The second-order valence-corrected chi connectivity index (χ2v) is 3.87. The van der Waals surface area contributed by atoms with Gasteiger partial charge in [0, 0.05) is 11.3 Å². The molecular formula is C10H12N2O3. The highest BCUT2D eigenvalue weighted by molar-refractivity contribution is 5.53. The van der Waals surface area contributed by atoms with Gasteiger partial charge in [-0.25, -0.2) is 0 Å². The summed E-state index contributed by atoms with van der Waals surface area (Å²) in [4.78, 5) is 14.4. The Balaban J connectivity index is 2.56. The molecule has 0 aromatic carbocycles. The molecule has 1 aliphatic rings. The Bertz CT molecular complexity index is 417. The summed E-state index contributed by atoms with van der Waals surface area (Å²) in [6.45, 7) is 2.10. The van der Waals surface area contributed by atoms with Crippen LogP contribution in [0.25, 0.3) is 0 Å². The molecule has 2 rings (SSSR count). The van der Waals surface area contributed by atoms with Crippen LogP contribution < -0.4 is 4.74 Å². The predicted octanol–water partition coefficient (Wildman–Crippen LogP) is 1.73. The van der Waals surface area contributed by atoms with E-state index in [4.69, 9.17) is 4.74 Å². The van der Waals surface area contributed by atoms with Crippen LogP contribution in [0, 0.1) is 16.0 Å². The highest BCUT2D eigenvalue weighted by atomic mass is 16.6. The molecule has 1 aromatic rings. The van der Waals surface area contributed by atoms with Crippen LogP contribution in [0.5, 0.6) is 5.75 Å². The molecule has 0 aliphatic heterocycles. The van der Waals surface area contributed by atoms with E-state index < -0.39 is 4.92 Å². The van der Waals surface area contributed by atoms with Gasteiger partial charge < -0.3 is 4.74 Å². The van der Waals surface area contributed by atoms with Gasteiger partial charge in [-0.2, -0.15) is 0 Å². The van der Waals surface area contributed by atoms with Crippen molar-refractivity contribution in [2.45, 2.75) is 19.8 Å². The SMILES string of the molecule is COc1c([N+](=O)[O-])cnc2c1CC(C)C2. The van der Waals surface area contributed by atoms with Crippen LogP contribution in [-0.2, 0) is 12.8 Å². The maximum absolute atomic E-state index is 10.7. The number of aromatic nitrogens is 1. The van der Waals surface area contributed by atoms with Gasteiger partial charge in [-0.15, -0.1) is 0 Å². The minimum atomic E-state index is -0.449. The van der Waals surface area contributed by atoms with Crippen molar-refractivity contribution in [2.75, 3.05) is 7.11 Å². The highest BCUT2D eigenvalue weighted by Crippen LogP contribution is 2.38. The number of pyridine rings is 1. The molecule has 0 radical (unpaired) electrons. The van der Waals surface area contributed by atoms with E-state index in [0.717, 1.165) is 24.1 Å². The summed E-state index contributed by atoms with van der Waals surface area (Å²) < 4.78 is 5.12. The summed E-state index contributed by atoms with van der Waals surface area (Å²) in [7, 11) is 1.46. The van der Waals surface area contributed by atoms with Crippen LogP contribution in [0.4, 0.5) is 5.69 Å². The molecule has 0 amide bonds. The summed E-state index contributed by atoms with van der Waals surface area (Å²) in [6, 6.07) is 0. The van der Waals surface area contributed by atoms with Crippen LogP contribution in [-0.4, -0.2) is 17.0 Å². The lowest BCUT2D eigenvalue weighted by atomic mass is 10.1. The van der Waals surface area contributed by atoms with E-state index in [-0.39, 0.29) is 5.69 Å². The number of ether oxygens (including phenoxy) is 1. The molecule has 5 heteroatoms. The third-order valence-electron chi connectivity index (χ3n) is 2.69. The molecule has 0 saturated carbocycles. The van der Waals surface area contributed by atoms with Crippen molar-refractivity contribution in [1.29, 1.82) is 0 Å². The van der Waals surface area contributed by atoms with E-state index in [1.165, 1.54) is 13.3 Å². The minimum Gasteiger partial charge on any atom is -0.490 e. The third kappa shape index (κ3) is 1.54. The summed E-state index contributed by atoms with van der Waals surface area (Å²) in [5.41, 5.74) is 1.80. The summed E-state index contributed by atoms with van der Waals surface area (Å²) in [6.07, 6.45) is 2.98. The Morgan fingerprint density at radius 3 is 2.93 bits per heavy atom. The molecule has 80 valence electrons. The van der Waals surface area contributed by atoms with Crippen LogP contribution >= 0.6 is 0 Å². The number of nitro groups is 1. The standard InChI is InChI=1S/C10H12N2O3/c1-6-3-7-8(4-6)11-5-9(12(13)14)10(7)15-2/h5-6H,3-4H2,1-2H3. The average Bonchev–Trinajstić information content (AvgIpc) is 2.55. The van der Waals surface area contributed by atoms with E-state index in [1.807, 2.05) is 0 Å². The first kappa shape index (κ1) is 9.89. The molecule has 1 aromatic heterocycles. The Hall–Kier alpha value is -1.65. The zero-order valence-corrected chi connectivity index (χ0v) is 8.69. The highest BCUT2D eigenvalue weighted by Gasteiger charge is 2.28. The lowest BCUT2D eigenvalue weighted by Crippen LogP contribution is -2.00. The van der Waals surface area contributed by atoms with Crippen molar-refractivity contribution in [3.05, 3.63) is 27.6 Å². The summed E-state index contributed by atoms with van der Waals surface area (Å²) in [5.74, 6) is 0.873. The van der Waals surface area contributed by atoms with Crippen molar-refractivity contribution >= 4 is 5.69 Å². The van der Waals surface area contributed by atoms with Crippen LogP contribution in [0.1, 0.15) is 18.2 Å². The molecule has 5 nitrogen and oxygen atoms in total.